The van der Waals surface area contributed by atoms with E-state index in [1.54, 1.807) is 0 Å². The highest BCUT2D eigenvalue weighted by Crippen LogP contribution is 2.39. The zero-order valence-electron chi connectivity index (χ0n) is 12.1. The summed E-state index contributed by atoms with van der Waals surface area (Å²) >= 11 is 2.32. The first-order valence-electron chi connectivity index (χ1n) is 7.66. The largest absolute Gasteiger partial charge is 0.390 e. The van der Waals surface area contributed by atoms with Crippen LogP contribution in [0.5, 0.6) is 0 Å². The Hall–Kier alpha value is -0.870. The maximum atomic E-state index is 10.9. The summed E-state index contributed by atoms with van der Waals surface area (Å²) in [6.07, 6.45) is 4.76. The fraction of sp³-hybridized carbons (Fsp3) is 0.368. The Morgan fingerprint density at radius 3 is 2.19 bits per heavy atom. The second-order valence-electron chi connectivity index (χ2n) is 6.21. The molecule has 0 unspecified atom stereocenters. The van der Waals surface area contributed by atoms with Crippen molar-refractivity contribution in [3.8, 4) is 0 Å². The van der Waals surface area contributed by atoms with E-state index in [1.165, 1.54) is 14.7 Å². The molecule has 1 saturated carbocycles. The third kappa shape index (κ3) is 3.86. The minimum absolute atomic E-state index is 0.516. The normalized spacial score (nSPS) is 25.7. The standard InChI is InChI=1S/C19H21IO/c20-18-8-6-15(7-9-18)14-19(21)12-10-17(11-13-19)16-4-2-1-3-5-16/h1-9,17,21H,10-14H2. The summed E-state index contributed by atoms with van der Waals surface area (Å²) in [5.74, 6) is 0.614. The average molecular weight is 392 g/mol. The molecular weight excluding hydrogens is 371 g/mol. The van der Waals surface area contributed by atoms with E-state index < -0.39 is 5.60 Å². The Labute approximate surface area is 140 Å². The molecule has 0 bridgehead atoms. The van der Waals surface area contributed by atoms with Crippen LogP contribution in [0.15, 0.2) is 54.6 Å². The van der Waals surface area contributed by atoms with Crippen LogP contribution >= 0.6 is 22.6 Å². The van der Waals surface area contributed by atoms with Gasteiger partial charge in [-0.2, -0.15) is 0 Å². The quantitative estimate of drug-likeness (QED) is 0.735. The van der Waals surface area contributed by atoms with Crippen molar-refractivity contribution in [3.63, 3.8) is 0 Å². The van der Waals surface area contributed by atoms with Gasteiger partial charge in [-0.25, -0.2) is 0 Å². The van der Waals surface area contributed by atoms with Gasteiger partial charge in [0.2, 0.25) is 0 Å². The summed E-state index contributed by atoms with van der Waals surface area (Å²) in [6.45, 7) is 0. The van der Waals surface area contributed by atoms with Gasteiger partial charge in [-0.3, -0.25) is 0 Å². The van der Waals surface area contributed by atoms with E-state index >= 15 is 0 Å². The molecule has 0 aliphatic heterocycles. The fourth-order valence-corrected chi connectivity index (χ4v) is 3.73. The number of rotatable bonds is 3. The van der Waals surface area contributed by atoms with Crippen molar-refractivity contribution < 1.29 is 5.11 Å². The van der Waals surface area contributed by atoms with Gasteiger partial charge in [-0.15, -0.1) is 0 Å². The average Bonchev–Trinajstić information content (AvgIpc) is 2.51. The van der Waals surface area contributed by atoms with Gasteiger partial charge < -0.3 is 5.11 Å². The molecule has 0 radical (unpaired) electrons. The molecule has 2 aromatic carbocycles. The second kappa shape index (κ2) is 6.49. The first-order valence-corrected chi connectivity index (χ1v) is 8.74. The highest BCUT2D eigenvalue weighted by molar-refractivity contribution is 14.1. The number of hydrogen-bond acceptors (Lipinski definition) is 1. The van der Waals surface area contributed by atoms with Gasteiger partial charge in [0.05, 0.1) is 5.60 Å². The lowest BCUT2D eigenvalue weighted by atomic mass is 9.74. The Bertz CT molecular complexity index is 568. The third-order valence-corrected chi connectivity index (χ3v) is 5.35. The molecule has 21 heavy (non-hydrogen) atoms. The van der Waals surface area contributed by atoms with E-state index in [1.807, 2.05) is 0 Å². The van der Waals surface area contributed by atoms with Gasteiger partial charge in [-0.1, -0.05) is 42.5 Å². The van der Waals surface area contributed by atoms with E-state index in [4.69, 9.17) is 0 Å². The lowest BCUT2D eigenvalue weighted by Crippen LogP contribution is -2.35. The minimum atomic E-state index is -0.516. The van der Waals surface area contributed by atoms with Crippen LogP contribution in [0.3, 0.4) is 0 Å². The zero-order chi connectivity index (χ0) is 14.7. The van der Waals surface area contributed by atoms with Crippen molar-refractivity contribution in [1.29, 1.82) is 0 Å². The van der Waals surface area contributed by atoms with Crippen LogP contribution in [0.2, 0.25) is 0 Å². The first-order chi connectivity index (χ1) is 10.1. The molecule has 3 rings (SSSR count). The smallest absolute Gasteiger partial charge is 0.0688 e. The van der Waals surface area contributed by atoms with E-state index in [2.05, 4.69) is 77.2 Å². The maximum absolute atomic E-state index is 10.9. The Morgan fingerprint density at radius 2 is 1.57 bits per heavy atom. The molecule has 1 fully saturated rings. The maximum Gasteiger partial charge on any atom is 0.0688 e. The third-order valence-electron chi connectivity index (χ3n) is 4.63. The topological polar surface area (TPSA) is 20.2 Å². The summed E-state index contributed by atoms with van der Waals surface area (Å²) < 4.78 is 1.25. The van der Waals surface area contributed by atoms with Crippen LogP contribution in [0.4, 0.5) is 0 Å². The summed E-state index contributed by atoms with van der Waals surface area (Å²) in [5, 5.41) is 10.9. The van der Waals surface area contributed by atoms with Gasteiger partial charge in [0.1, 0.15) is 0 Å². The monoisotopic (exact) mass is 392 g/mol. The highest BCUT2D eigenvalue weighted by atomic mass is 127. The van der Waals surface area contributed by atoms with Gasteiger partial charge in [-0.05, 0) is 77.5 Å². The van der Waals surface area contributed by atoms with Gasteiger partial charge in [0, 0.05) is 9.99 Å². The lowest BCUT2D eigenvalue weighted by Gasteiger charge is -2.36. The number of aliphatic hydroxyl groups is 1. The van der Waals surface area contributed by atoms with Crippen molar-refractivity contribution in [2.75, 3.05) is 0 Å². The Kier molecular flexibility index (Phi) is 4.65. The molecule has 1 N–H and O–H groups in total. The van der Waals surface area contributed by atoms with Crippen LogP contribution < -0.4 is 0 Å². The zero-order valence-corrected chi connectivity index (χ0v) is 14.3. The molecule has 0 saturated heterocycles. The highest BCUT2D eigenvalue weighted by Gasteiger charge is 2.33. The second-order valence-corrected chi connectivity index (χ2v) is 7.46. The molecular formula is C19H21IO. The van der Waals surface area contributed by atoms with Crippen molar-refractivity contribution >= 4 is 22.6 Å². The molecule has 0 amide bonds. The number of hydrogen-bond donors (Lipinski definition) is 1. The summed E-state index contributed by atoms with van der Waals surface area (Å²) in [4.78, 5) is 0. The van der Waals surface area contributed by atoms with E-state index in [-0.39, 0.29) is 0 Å². The van der Waals surface area contributed by atoms with Gasteiger partial charge in [0.15, 0.2) is 0 Å². The van der Waals surface area contributed by atoms with Crippen LogP contribution in [0.25, 0.3) is 0 Å². The predicted octanol–water partition coefficient (Wildman–Crippen LogP) is 4.92. The van der Waals surface area contributed by atoms with E-state index in [0.29, 0.717) is 5.92 Å². The van der Waals surface area contributed by atoms with Crippen molar-refractivity contribution in [1.82, 2.24) is 0 Å². The minimum Gasteiger partial charge on any atom is -0.390 e. The predicted molar refractivity (Wildman–Crippen MR) is 95.5 cm³/mol. The molecule has 1 nitrogen and oxygen atoms in total. The summed E-state index contributed by atoms with van der Waals surface area (Å²) in [6, 6.07) is 19.3. The fourth-order valence-electron chi connectivity index (χ4n) is 3.37. The molecule has 0 atom stereocenters. The molecule has 1 aliphatic rings. The van der Waals surface area contributed by atoms with Crippen LogP contribution in [0, 0.1) is 3.57 Å². The van der Waals surface area contributed by atoms with Gasteiger partial charge in [0.25, 0.3) is 0 Å². The number of benzene rings is 2. The van der Waals surface area contributed by atoms with E-state index in [0.717, 1.165) is 32.1 Å². The molecule has 2 heteroatoms. The summed E-state index contributed by atoms with van der Waals surface area (Å²) in [7, 11) is 0. The number of halogens is 1. The SMILES string of the molecule is OC1(Cc2ccc(I)cc2)CCC(c2ccccc2)CC1. The van der Waals surface area contributed by atoms with Crippen molar-refractivity contribution in [2.45, 2.75) is 43.6 Å². The summed E-state index contributed by atoms with van der Waals surface area (Å²) in [5.41, 5.74) is 2.16. The first kappa shape index (κ1) is 15.0. The molecule has 110 valence electrons. The molecule has 1 aliphatic carbocycles. The van der Waals surface area contributed by atoms with Crippen LogP contribution in [0.1, 0.15) is 42.7 Å². The lowest BCUT2D eigenvalue weighted by molar-refractivity contribution is -0.000457. The van der Waals surface area contributed by atoms with Gasteiger partial charge >= 0.3 is 0 Å². The molecule has 2 aromatic rings. The molecule has 0 heterocycles. The van der Waals surface area contributed by atoms with Crippen molar-refractivity contribution in [3.05, 3.63) is 69.3 Å². The molecule has 0 aromatic heterocycles. The molecule has 0 spiro atoms. The Balaban J connectivity index is 1.62. The van der Waals surface area contributed by atoms with Crippen molar-refractivity contribution in [2.24, 2.45) is 0 Å². The van der Waals surface area contributed by atoms with Crippen LogP contribution in [-0.2, 0) is 6.42 Å². The van der Waals surface area contributed by atoms with E-state index in [9.17, 15) is 5.11 Å². The van der Waals surface area contributed by atoms with Crippen LogP contribution in [-0.4, -0.2) is 10.7 Å². The Morgan fingerprint density at radius 1 is 0.952 bits per heavy atom.